The van der Waals surface area contributed by atoms with Crippen LogP contribution in [0.1, 0.15) is 16.1 Å². The van der Waals surface area contributed by atoms with E-state index in [1.807, 2.05) is 0 Å². The molecule has 15 heavy (non-hydrogen) atoms. The fraction of sp³-hybridized carbons (Fsp3) is 0. The number of halogens is 2. The Hall–Kier alpha value is -1.33. The number of carbonyl (C=O) groups excluding carboxylic acids is 1. The van der Waals surface area contributed by atoms with Crippen LogP contribution in [0.4, 0.5) is 4.39 Å². The van der Waals surface area contributed by atoms with E-state index in [0.29, 0.717) is 0 Å². The van der Waals surface area contributed by atoms with E-state index >= 15 is 0 Å². The van der Waals surface area contributed by atoms with Crippen molar-refractivity contribution in [2.45, 2.75) is 0 Å². The van der Waals surface area contributed by atoms with Gasteiger partial charge < -0.3 is 0 Å². The van der Waals surface area contributed by atoms with Crippen molar-refractivity contribution in [1.82, 2.24) is 9.59 Å². The van der Waals surface area contributed by atoms with Gasteiger partial charge in [0.15, 0.2) is 0 Å². The first-order valence-corrected chi connectivity index (χ1v) is 5.17. The Kier molecular flexibility index (Phi) is 2.75. The Bertz CT molecular complexity index is 481. The lowest BCUT2D eigenvalue weighted by Gasteiger charge is -2.01. The number of ketones is 1. The third-order valence-corrected chi connectivity index (χ3v) is 2.60. The maximum absolute atomic E-state index is 13.3. The number of hydrogen-bond donors (Lipinski definition) is 0. The number of aromatic nitrogens is 2. The largest absolute Gasteiger partial charge is 0.287 e. The lowest BCUT2D eigenvalue weighted by molar-refractivity contribution is 0.103. The lowest BCUT2D eigenvalue weighted by atomic mass is 10.1. The molecule has 76 valence electrons. The van der Waals surface area contributed by atoms with Gasteiger partial charge in [-0.15, -0.1) is 5.10 Å². The highest BCUT2D eigenvalue weighted by Crippen LogP contribution is 2.21. The number of carbonyl (C=O) groups is 1. The molecule has 0 aliphatic heterocycles. The zero-order chi connectivity index (χ0) is 10.8. The van der Waals surface area contributed by atoms with Crippen molar-refractivity contribution in [2.24, 2.45) is 0 Å². The molecule has 0 bridgehead atoms. The van der Waals surface area contributed by atoms with Crippen molar-refractivity contribution >= 4 is 28.9 Å². The van der Waals surface area contributed by atoms with E-state index in [1.165, 1.54) is 23.6 Å². The molecule has 1 aromatic carbocycles. The molecule has 2 rings (SSSR count). The van der Waals surface area contributed by atoms with Gasteiger partial charge in [0.1, 0.15) is 11.5 Å². The molecule has 0 atom stereocenters. The van der Waals surface area contributed by atoms with Crippen LogP contribution in [0.3, 0.4) is 0 Å². The first kappa shape index (κ1) is 10.2. The second-order valence-corrected chi connectivity index (χ2v) is 3.73. The van der Waals surface area contributed by atoms with Gasteiger partial charge in [-0.3, -0.25) is 4.79 Å². The van der Waals surface area contributed by atoms with Crippen LogP contribution in [0, 0.1) is 5.82 Å². The molecule has 1 heterocycles. The number of nitrogens with zero attached hydrogens (tertiary/aromatic N) is 2. The highest BCUT2D eigenvalue weighted by atomic mass is 35.5. The molecule has 2 aromatic rings. The van der Waals surface area contributed by atoms with E-state index in [9.17, 15) is 9.18 Å². The highest BCUT2D eigenvalue weighted by molar-refractivity contribution is 7.03. The Morgan fingerprint density at radius 3 is 2.87 bits per heavy atom. The molecule has 0 radical (unpaired) electrons. The van der Waals surface area contributed by atoms with Crippen LogP contribution in [0.25, 0.3) is 0 Å². The van der Waals surface area contributed by atoms with E-state index in [4.69, 9.17) is 11.6 Å². The minimum Gasteiger partial charge on any atom is -0.287 e. The highest BCUT2D eigenvalue weighted by Gasteiger charge is 2.19. The topological polar surface area (TPSA) is 42.9 Å². The Morgan fingerprint density at radius 2 is 2.27 bits per heavy atom. The van der Waals surface area contributed by atoms with Crippen molar-refractivity contribution in [3.63, 3.8) is 0 Å². The molecule has 0 aliphatic carbocycles. The van der Waals surface area contributed by atoms with Gasteiger partial charge in [-0.05, 0) is 23.7 Å². The second kappa shape index (κ2) is 4.04. The van der Waals surface area contributed by atoms with E-state index < -0.39 is 11.6 Å². The average molecular weight is 243 g/mol. The van der Waals surface area contributed by atoms with Crippen LogP contribution in [-0.2, 0) is 0 Å². The summed E-state index contributed by atoms with van der Waals surface area (Å²) >= 11 is 6.76. The van der Waals surface area contributed by atoms with Crippen LogP contribution in [0.2, 0.25) is 5.02 Å². The molecule has 0 unspecified atom stereocenters. The number of benzene rings is 1. The van der Waals surface area contributed by atoms with Gasteiger partial charge in [-0.1, -0.05) is 22.2 Å². The molecule has 0 saturated heterocycles. The zero-order valence-electron chi connectivity index (χ0n) is 7.28. The summed E-state index contributed by atoms with van der Waals surface area (Å²) < 4.78 is 16.9. The molecule has 0 fully saturated rings. The van der Waals surface area contributed by atoms with Crippen molar-refractivity contribution in [2.75, 3.05) is 0 Å². The summed E-state index contributed by atoms with van der Waals surface area (Å²) in [6.45, 7) is 0. The normalized spacial score (nSPS) is 10.3. The molecule has 3 nitrogen and oxygen atoms in total. The standard InChI is InChI=1S/C9H4ClFN2OS/c10-5-2-1-3-6(11)8(5)9(14)7-4-15-13-12-7/h1-4H. The third kappa shape index (κ3) is 1.88. The van der Waals surface area contributed by atoms with E-state index in [1.54, 1.807) is 0 Å². The Labute approximate surface area is 93.7 Å². The monoisotopic (exact) mass is 242 g/mol. The molecule has 1 aromatic heterocycles. The molecule has 6 heteroatoms. The maximum atomic E-state index is 13.3. The average Bonchev–Trinajstić information content (AvgIpc) is 2.69. The van der Waals surface area contributed by atoms with E-state index in [-0.39, 0.29) is 16.3 Å². The van der Waals surface area contributed by atoms with Gasteiger partial charge in [0.25, 0.3) is 0 Å². The molecule has 0 spiro atoms. The maximum Gasteiger partial charge on any atom is 0.218 e. The van der Waals surface area contributed by atoms with Gasteiger partial charge >= 0.3 is 0 Å². The zero-order valence-corrected chi connectivity index (χ0v) is 8.85. The predicted molar refractivity (Wildman–Crippen MR) is 54.8 cm³/mol. The van der Waals surface area contributed by atoms with Crippen LogP contribution in [0.5, 0.6) is 0 Å². The van der Waals surface area contributed by atoms with Crippen LogP contribution in [0.15, 0.2) is 23.6 Å². The molecule has 0 saturated carbocycles. The van der Waals surface area contributed by atoms with Crippen molar-refractivity contribution < 1.29 is 9.18 Å². The Morgan fingerprint density at radius 1 is 1.47 bits per heavy atom. The van der Waals surface area contributed by atoms with Gasteiger partial charge in [-0.25, -0.2) is 4.39 Å². The molecule has 0 amide bonds. The fourth-order valence-corrected chi connectivity index (χ4v) is 1.79. The van der Waals surface area contributed by atoms with E-state index in [2.05, 4.69) is 9.59 Å². The summed E-state index contributed by atoms with van der Waals surface area (Å²) in [6.07, 6.45) is 0. The summed E-state index contributed by atoms with van der Waals surface area (Å²) in [5.41, 5.74) is -0.0566. The van der Waals surface area contributed by atoms with Crippen LogP contribution in [-0.4, -0.2) is 15.4 Å². The quantitative estimate of drug-likeness (QED) is 0.760. The molecular formula is C9H4ClFN2OS. The van der Waals surface area contributed by atoms with Gasteiger partial charge in [0.2, 0.25) is 5.78 Å². The van der Waals surface area contributed by atoms with E-state index in [0.717, 1.165) is 11.5 Å². The smallest absolute Gasteiger partial charge is 0.218 e. The molecule has 0 aliphatic rings. The lowest BCUT2D eigenvalue weighted by Crippen LogP contribution is -2.05. The van der Waals surface area contributed by atoms with Gasteiger partial charge in [0, 0.05) is 5.38 Å². The van der Waals surface area contributed by atoms with Crippen molar-refractivity contribution in [3.8, 4) is 0 Å². The number of rotatable bonds is 2. The summed E-state index contributed by atoms with van der Waals surface area (Å²) in [4.78, 5) is 11.7. The van der Waals surface area contributed by atoms with Crippen molar-refractivity contribution in [3.05, 3.63) is 45.7 Å². The first-order valence-electron chi connectivity index (χ1n) is 3.96. The van der Waals surface area contributed by atoms with Crippen molar-refractivity contribution in [1.29, 1.82) is 0 Å². The third-order valence-electron chi connectivity index (χ3n) is 1.78. The fourth-order valence-electron chi connectivity index (χ4n) is 1.11. The minimum absolute atomic E-state index is 0.0769. The SMILES string of the molecule is O=C(c1csnn1)c1c(F)cccc1Cl. The summed E-state index contributed by atoms with van der Waals surface area (Å²) in [6, 6.07) is 4.07. The number of hydrogen-bond acceptors (Lipinski definition) is 4. The van der Waals surface area contributed by atoms with Crippen LogP contribution < -0.4 is 0 Å². The summed E-state index contributed by atoms with van der Waals surface area (Å²) in [5, 5.41) is 5.09. The van der Waals surface area contributed by atoms with Gasteiger partial charge in [-0.2, -0.15) is 0 Å². The second-order valence-electron chi connectivity index (χ2n) is 2.72. The van der Waals surface area contributed by atoms with Gasteiger partial charge in [0.05, 0.1) is 10.6 Å². The predicted octanol–water partition coefficient (Wildman–Crippen LogP) is 2.56. The van der Waals surface area contributed by atoms with Crippen LogP contribution >= 0.6 is 23.1 Å². The first-order chi connectivity index (χ1) is 7.20. The molecule has 0 N–H and O–H groups in total. The minimum atomic E-state index is -0.652. The Balaban J connectivity index is 2.51. The summed E-state index contributed by atoms with van der Waals surface area (Å²) in [5.74, 6) is -1.20. The molecular weight excluding hydrogens is 239 g/mol. The summed E-state index contributed by atoms with van der Waals surface area (Å²) in [7, 11) is 0.